The number of para-hydroxylation sites is 1. The van der Waals surface area contributed by atoms with Gasteiger partial charge in [-0.2, -0.15) is 0 Å². The van der Waals surface area contributed by atoms with Gasteiger partial charge >= 0.3 is 5.97 Å². The first-order chi connectivity index (χ1) is 13.3. The molecule has 0 atom stereocenters. The fraction of sp³-hybridized carbons (Fsp3) is 0.0556. The third-order valence-electron chi connectivity index (χ3n) is 3.67. The summed E-state index contributed by atoms with van der Waals surface area (Å²) in [6.45, 7) is -0.727. The van der Waals surface area contributed by atoms with Crippen LogP contribution in [0.3, 0.4) is 0 Å². The molecular weight excluding hydrogens is 393 g/mol. The molecule has 0 aliphatic carbocycles. The molecular formula is C18H11ClFN3O5. The second-order valence-electron chi connectivity index (χ2n) is 5.56. The fourth-order valence-electron chi connectivity index (χ4n) is 2.43. The predicted octanol–water partition coefficient (Wildman–Crippen LogP) is 3.73. The van der Waals surface area contributed by atoms with Crippen LogP contribution in [0.2, 0.25) is 5.15 Å². The number of hydrogen-bond acceptors (Lipinski definition) is 6. The van der Waals surface area contributed by atoms with E-state index >= 15 is 0 Å². The third kappa shape index (κ3) is 4.21. The maximum Gasteiger partial charge on any atom is 0.339 e. The van der Waals surface area contributed by atoms with Crippen molar-refractivity contribution in [1.29, 1.82) is 0 Å². The summed E-state index contributed by atoms with van der Waals surface area (Å²) in [6, 6.07) is 10.7. The van der Waals surface area contributed by atoms with Crippen molar-refractivity contribution in [2.24, 2.45) is 0 Å². The van der Waals surface area contributed by atoms with E-state index < -0.39 is 40.6 Å². The quantitative estimate of drug-likeness (QED) is 0.300. The highest BCUT2D eigenvalue weighted by Gasteiger charge is 2.17. The monoisotopic (exact) mass is 403 g/mol. The maximum atomic E-state index is 13.7. The van der Waals surface area contributed by atoms with E-state index in [1.54, 1.807) is 24.3 Å². The van der Waals surface area contributed by atoms with E-state index in [1.807, 2.05) is 0 Å². The molecule has 10 heteroatoms. The molecule has 1 N–H and O–H groups in total. The van der Waals surface area contributed by atoms with Gasteiger partial charge in [0.15, 0.2) is 6.61 Å². The largest absolute Gasteiger partial charge is 0.452 e. The van der Waals surface area contributed by atoms with Crippen LogP contribution in [0, 0.1) is 15.9 Å². The molecule has 142 valence electrons. The van der Waals surface area contributed by atoms with Crippen LogP contribution < -0.4 is 5.32 Å². The molecule has 1 aromatic heterocycles. The number of nitrogens with one attached hydrogen (secondary N) is 1. The van der Waals surface area contributed by atoms with Crippen molar-refractivity contribution in [2.45, 2.75) is 0 Å². The number of ether oxygens (including phenoxy) is 1. The van der Waals surface area contributed by atoms with Crippen molar-refractivity contribution in [3.8, 4) is 0 Å². The molecule has 0 unspecified atom stereocenters. The summed E-state index contributed by atoms with van der Waals surface area (Å²) >= 11 is 5.90. The predicted molar refractivity (Wildman–Crippen MR) is 98.7 cm³/mol. The molecule has 28 heavy (non-hydrogen) atoms. The number of halogens is 2. The standard InChI is InChI=1S/C18H11ClFN3O5/c19-16-8-12(11-3-1-2-4-14(11)21-16)18(25)28-9-17(24)22-15-7-10(23(26)27)5-6-13(15)20/h1-8H,9H2,(H,22,24). The summed E-state index contributed by atoms with van der Waals surface area (Å²) in [5.74, 6) is -2.55. The number of pyridine rings is 1. The lowest BCUT2D eigenvalue weighted by molar-refractivity contribution is -0.384. The number of amides is 1. The highest BCUT2D eigenvalue weighted by molar-refractivity contribution is 6.30. The normalized spacial score (nSPS) is 10.5. The number of esters is 1. The number of hydrogen-bond donors (Lipinski definition) is 1. The zero-order valence-electron chi connectivity index (χ0n) is 14.0. The Labute approximate surface area is 162 Å². The zero-order chi connectivity index (χ0) is 20.3. The number of benzene rings is 2. The molecule has 8 nitrogen and oxygen atoms in total. The molecule has 3 rings (SSSR count). The second-order valence-corrected chi connectivity index (χ2v) is 5.94. The van der Waals surface area contributed by atoms with E-state index in [9.17, 15) is 24.1 Å². The average Bonchev–Trinajstić information content (AvgIpc) is 2.67. The Morgan fingerprint density at radius 1 is 1.21 bits per heavy atom. The minimum atomic E-state index is -0.864. The van der Waals surface area contributed by atoms with E-state index in [1.165, 1.54) is 6.07 Å². The minimum Gasteiger partial charge on any atom is -0.452 e. The molecule has 3 aromatic rings. The Hall–Kier alpha value is -3.59. The summed E-state index contributed by atoms with van der Waals surface area (Å²) in [4.78, 5) is 38.4. The maximum absolute atomic E-state index is 13.7. The molecule has 0 fully saturated rings. The Morgan fingerprint density at radius 3 is 2.71 bits per heavy atom. The number of aromatic nitrogens is 1. The van der Waals surface area contributed by atoms with Crippen LogP contribution >= 0.6 is 11.6 Å². The Balaban J connectivity index is 1.71. The summed E-state index contributed by atoms with van der Waals surface area (Å²) in [7, 11) is 0. The van der Waals surface area contributed by atoms with Crippen LogP contribution in [0.5, 0.6) is 0 Å². The smallest absolute Gasteiger partial charge is 0.339 e. The highest BCUT2D eigenvalue weighted by atomic mass is 35.5. The lowest BCUT2D eigenvalue weighted by Crippen LogP contribution is -2.21. The first-order valence-corrected chi connectivity index (χ1v) is 8.19. The van der Waals surface area contributed by atoms with Gasteiger partial charge in [0.1, 0.15) is 11.0 Å². The van der Waals surface area contributed by atoms with E-state index in [2.05, 4.69) is 10.3 Å². The van der Waals surface area contributed by atoms with Gasteiger partial charge in [0.25, 0.3) is 11.6 Å². The molecule has 0 aliphatic rings. The average molecular weight is 404 g/mol. The van der Waals surface area contributed by atoms with Gasteiger partial charge in [-0.1, -0.05) is 29.8 Å². The van der Waals surface area contributed by atoms with Crippen molar-refractivity contribution in [3.63, 3.8) is 0 Å². The Bertz CT molecular complexity index is 1110. The van der Waals surface area contributed by atoms with Gasteiger partial charge in [0, 0.05) is 17.5 Å². The van der Waals surface area contributed by atoms with Crippen molar-refractivity contribution >= 4 is 45.8 Å². The number of nitro benzene ring substituents is 1. The van der Waals surface area contributed by atoms with Gasteiger partial charge in [-0.25, -0.2) is 14.2 Å². The minimum absolute atomic E-state index is 0.0776. The Kier molecular flexibility index (Phi) is 5.46. The lowest BCUT2D eigenvalue weighted by atomic mass is 10.1. The number of nitro groups is 1. The molecule has 0 bridgehead atoms. The van der Waals surface area contributed by atoms with Crippen LogP contribution in [0.4, 0.5) is 15.8 Å². The highest BCUT2D eigenvalue weighted by Crippen LogP contribution is 2.22. The summed E-state index contributed by atoms with van der Waals surface area (Å²) in [5, 5.41) is 13.4. The summed E-state index contributed by atoms with van der Waals surface area (Å²) in [6.07, 6.45) is 0. The van der Waals surface area contributed by atoms with Gasteiger partial charge in [0.05, 0.1) is 21.7 Å². The van der Waals surface area contributed by atoms with E-state index in [0.29, 0.717) is 10.9 Å². The van der Waals surface area contributed by atoms with Crippen LogP contribution in [-0.4, -0.2) is 28.4 Å². The number of carbonyl (C=O) groups excluding carboxylic acids is 2. The number of anilines is 1. The molecule has 0 saturated carbocycles. The summed E-state index contributed by atoms with van der Waals surface area (Å²) in [5.41, 5.74) is -0.200. The molecule has 1 heterocycles. The van der Waals surface area contributed by atoms with Crippen molar-refractivity contribution in [1.82, 2.24) is 4.98 Å². The number of rotatable bonds is 5. The molecule has 0 radical (unpaired) electrons. The van der Waals surface area contributed by atoms with E-state index in [4.69, 9.17) is 16.3 Å². The zero-order valence-corrected chi connectivity index (χ0v) is 14.8. The molecule has 0 spiro atoms. The van der Waals surface area contributed by atoms with E-state index in [0.717, 1.165) is 18.2 Å². The number of fused-ring (bicyclic) bond motifs is 1. The molecule has 0 aliphatic heterocycles. The first-order valence-electron chi connectivity index (χ1n) is 7.81. The van der Waals surface area contributed by atoms with Crippen molar-refractivity contribution in [3.05, 3.63) is 75.2 Å². The van der Waals surface area contributed by atoms with E-state index in [-0.39, 0.29) is 10.7 Å². The van der Waals surface area contributed by atoms with Gasteiger partial charge in [-0.05, 0) is 18.2 Å². The van der Waals surface area contributed by atoms with Crippen LogP contribution in [0.15, 0.2) is 48.5 Å². The van der Waals surface area contributed by atoms with Gasteiger partial charge in [-0.3, -0.25) is 14.9 Å². The number of carbonyl (C=O) groups is 2. The molecule has 2 aromatic carbocycles. The van der Waals surface area contributed by atoms with Crippen LogP contribution in [0.25, 0.3) is 10.9 Å². The van der Waals surface area contributed by atoms with Gasteiger partial charge in [-0.15, -0.1) is 0 Å². The molecule has 0 saturated heterocycles. The van der Waals surface area contributed by atoms with Gasteiger partial charge < -0.3 is 10.1 Å². The van der Waals surface area contributed by atoms with Crippen LogP contribution in [-0.2, 0) is 9.53 Å². The van der Waals surface area contributed by atoms with Crippen LogP contribution in [0.1, 0.15) is 10.4 Å². The van der Waals surface area contributed by atoms with Gasteiger partial charge in [0.2, 0.25) is 0 Å². The van der Waals surface area contributed by atoms with Crippen molar-refractivity contribution in [2.75, 3.05) is 11.9 Å². The second kappa shape index (κ2) is 7.97. The number of non-ortho nitro benzene ring substituents is 1. The van der Waals surface area contributed by atoms with Crippen molar-refractivity contribution < 1.29 is 23.6 Å². The molecule has 1 amide bonds. The fourth-order valence-corrected chi connectivity index (χ4v) is 2.63. The first kappa shape index (κ1) is 19.2. The lowest BCUT2D eigenvalue weighted by Gasteiger charge is -2.09. The SMILES string of the molecule is O=C(COC(=O)c1cc(Cl)nc2ccccc12)Nc1cc([N+](=O)[O-])ccc1F. The summed E-state index contributed by atoms with van der Waals surface area (Å²) < 4.78 is 18.7. The topological polar surface area (TPSA) is 111 Å². The third-order valence-corrected chi connectivity index (χ3v) is 3.87. The number of nitrogens with zero attached hydrogens (tertiary/aromatic N) is 2. The Morgan fingerprint density at radius 2 is 1.96 bits per heavy atom.